The lowest BCUT2D eigenvalue weighted by Crippen LogP contribution is -2.47. The first kappa shape index (κ1) is 20.3. The van der Waals surface area contributed by atoms with Crippen molar-refractivity contribution < 1.29 is 14.5 Å². The lowest BCUT2D eigenvalue weighted by atomic mass is 9.79. The molecule has 2 heterocycles. The highest BCUT2D eigenvalue weighted by Crippen LogP contribution is 2.28. The van der Waals surface area contributed by atoms with E-state index in [0.717, 1.165) is 32.1 Å². The molecule has 1 aliphatic heterocycles. The van der Waals surface area contributed by atoms with E-state index in [1.807, 2.05) is 0 Å². The second-order valence-electron chi connectivity index (χ2n) is 5.95. The van der Waals surface area contributed by atoms with Gasteiger partial charge in [0.2, 0.25) is 0 Å². The van der Waals surface area contributed by atoms with Gasteiger partial charge in [-0.25, -0.2) is 0 Å². The molecule has 8 nitrogen and oxygen atoms in total. The standard InChI is InChI=1S/C15H22N4O4.ClH/c1-11-13(7-12(8-17-11)19(21)22)14(20)18-9-15(10-23-2)3-5-16-6-4-15;/h7-8,16H,3-6,9-10H2,1-2H3,(H,18,20);1H. The largest absolute Gasteiger partial charge is 0.384 e. The van der Waals surface area contributed by atoms with Gasteiger partial charge in [-0.15, -0.1) is 12.4 Å². The highest BCUT2D eigenvalue weighted by molar-refractivity contribution is 5.95. The molecule has 0 aromatic carbocycles. The summed E-state index contributed by atoms with van der Waals surface area (Å²) in [6, 6.07) is 1.27. The Hall–Kier alpha value is -1.77. The van der Waals surface area contributed by atoms with Crippen LogP contribution in [-0.2, 0) is 4.74 Å². The molecule has 0 saturated carbocycles. The molecule has 0 aliphatic carbocycles. The van der Waals surface area contributed by atoms with E-state index in [2.05, 4.69) is 15.6 Å². The second-order valence-corrected chi connectivity index (χ2v) is 5.95. The Bertz CT molecular complexity index is 585. The number of methoxy groups -OCH3 is 1. The number of halogens is 1. The first-order chi connectivity index (χ1) is 11.0. The Morgan fingerprint density at radius 3 is 2.75 bits per heavy atom. The summed E-state index contributed by atoms with van der Waals surface area (Å²) in [5.74, 6) is -0.340. The summed E-state index contributed by atoms with van der Waals surface area (Å²) in [5, 5.41) is 17.0. The first-order valence-electron chi connectivity index (χ1n) is 7.56. The number of carbonyl (C=O) groups is 1. The maximum absolute atomic E-state index is 12.4. The molecule has 2 N–H and O–H groups in total. The fraction of sp³-hybridized carbons (Fsp3) is 0.600. The molecule has 1 saturated heterocycles. The van der Waals surface area contributed by atoms with Crippen LogP contribution in [-0.4, -0.2) is 49.2 Å². The lowest BCUT2D eigenvalue weighted by Gasteiger charge is -2.37. The predicted octanol–water partition coefficient (Wildman–Crippen LogP) is 1.47. The van der Waals surface area contributed by atoms with Gasteiger partial charge in [0.1, 0.15) is 6.20 Å². The van der Waals surface area contributed by atoms with Crippen molar-refractivity contribution in [3.05, 3.63) is 33.6 Å². The van der Waals surface area contributed by atoms with E-state index in [9.17, 15) is 14.9 Å². The van der Waals surface area contributed by atoms with Crippen molar-refractivity contribution in [2.75, 3.05) is 33.4 Å². The third kappa shape index (κ3) is 4.86. The number of rotatable bonds is 6. The van der Waals surface area contributed by atoms with E-state index in [0.29, 0.717) is 18.8 Å². The zero-order chi connectivity index (χ0) is 16.9. The zero-order valence-corrected chi connectivity index (χ0v) is 14.6. The van der Waals surface area contributed by atoms with Gasteiger partial charge in [-0.05, 0) is 32.9 Å². The third-order valence-corrected chi connectivity index (χ3v) is 4.27. The van der Waals surface area contributed by atoms with Crippen LogP contribution in [0.5, 0.6) is 0 Å². The molecule has 1 aromatic heterocycles. The van der Waals surface area contributed by atoms with Gasteiger partial charge in [-0.1, -0.05) is 0 Å². The number of nitrogens with zero attached hydrogens (tertiary/aromatic N) is 2. The molecule has 0 atom stereocenters. The average Bonchev–Trinajstić information content (AvgIpc) is 2.54. The Morgan fingerprint density at radius 1 is 1.50 bits per heavy atom. The molecule has 1 aliphatic rings. The predicted molar refractivity (Wildman–Crippen MR) is 91.6 cm³/mol. The highest BCUT2D eigenvalue weighted by atomic mass is 35.5. The number of nitro groups is 1. The molecule has 0 bridgehead atoms. The summed E-state index contributed by atoms with van der Waals surface area (Å²) in [4.78, 5) is 26.6. The van der Waals surface area contributed by atoms with Gasteiger partial charge < -0.3 is 15.4 Å². The van der Waals surface area contributed by atoms with Crippen molar-refractivity contribution >= 4 is 24.0 Å². The van der Waals surface area contributed by atoms with Crippen molar-refractivity contribution in [1.82, 2.24) is 15.6 Å². The minimum absolute atomic E-state index is 0. The molecule has 1 amide bonds. The normalized spacial score (nSPS) is 16.1. The van der Waals surface area contributed by atoms with Crippen LogP contribution >= 0.6 is 12.4 Å². The van der Waals surface area contributed by atoms with Gasteiger partial charge in [-0.3, -0.25) is 19.9 Å². The number of nitrogens with one attached hydrogen (secondary N) is 2. The van der Waals surface area contributed by atoms with Gasteiger partial charge >= 0.3 is 0 Å². The van der Waals surface area contributed by atoms with E-state index in [-0.39, 0.29) is 35.0 Å². The van der Waals surface area contributed by atoms with Crippen LogP contribution in [0.25, 0.3) is 0 Å². The van der Waals surface area contributed by atoms with Crippen molar-refractivity contribution in [3.8, 4) is 0 Å². The van der Waals surface area contributed by atoms with E-state index in [4.69, 9.17) is 4.74 Å². The van der Waals surface area contributed by atoms with Crippen LogP contribution in [0.2, 0.25) is 0 Å². The maximum Gasteiger partial charge on any atom is 0.288 e. The number of hydrogen-bond donors (Lipinski definition) is 2. The molecule has 9 heteroatoms. The molecule has 0 spiro atoms. The van der Waals surface area contributed by atoms with E-state index in [1.54, 1.807) is 14.0 Å². The number of amides is 1. The van der Waals surface area contributed by atoms with E-state index >= 15 is 0 Å². The molecule has 0 radical (unpaired) electrons. The molecule has 1 aromatic rings. The zero-order valence-electron chi connectivity index (χ0n) is 13.8. The van der Waals surface area contributed by atoms with Crippen LogP contribution in [0.3, 0.4) is 0 Å². The minimum Gasteiger partial charge on any atom is -0.384 e. The van der Waals surface area contributed by atoms with Crippen molar-refractivity contribution in [2.24, 2.45) is 5.41 Å². The molecular weight excluding hydrogens is 336 g/mol. The van der Waals surface area contributed by atoms with Crippen LogP contribution < -0.4 is 10.6 Å². The fourth-order valence-corrected chi connectivity index (χ4v) is 2.85. The minimum atomic E-state index is -0.553. The highest BCUT2D eigenvalue weighted by Gasteiger charge is 2.32. The number of aryl methyl sites for hydroxylation is 1. The number of ether oxygens (including phenoxy) is 1. The van der Waals surface area contributed by atoms with Gasteiger partial charge in [-0.2, -0.15) is 0 Å². The molecule has 24 heavy (non-hydrogen) atoms. The first-order valence-corrected chi connectivity index (χ1v) is 7.56. The summed E-state index contributed by atoms with van der Waals surface area (Å²) in [6.45, 7) is 4.48. The summed E-state index contributed by atoms with van der Waals surface area (Å²) >= 11 is 0. The van der Waals surface area contributed by atoms with E-state index < -0.39 is 4.92 Å². The lowest BCUT2D eigenvalue weighted by molar-refractivity contribution is -0.385. The van der Waals surface area contributed by atoms with Gasteiger partial charge in [0, 0.05) is 25.1 Å². The monoisotopic (exact) mass is 358 g/mol. The van der Waals surface area contributed by atoms with Gasteiger partial charge in [0.05, 0.1) is 22.8 Å². The van der Waals surface area contributed by atoms with Gasteiger partial charge in [0.25, 0.3) is 11.6 Å². The van der Waals surface area contributed by atoms with Crippen LogP contribution in [0, 0.1) is 22.5 Å². The maximum atomic E-state index is 12.4. The number of pyridine rings is 1. The Kier molecular flexibility index (Phi) is 7.53. The summed E-state index contributed by atoms with van der Waals surface area (Å²) in [7, 11) is 1.65. The number of piperidine rings is 1. The van der Waals surface area contributed by atoms with E-state index in [1.165, 1.54) is 6.07 Å². The fourth-order valence-electron chi connectivity index (χ4n) is 2.85. The van der Waals surface area contributed by atoms with Crippen molar-refractivity contribution in [1.29, 1.82) is 0 Å². The van der Waals surface area contributed by atoms with Crippen molar-refractivity contribution in [3.63, 3.8) is 0 Å². The quantitative estimate of drug-likeness (QED) is 0.589. The molecular formula is C15H23ClN4O4. The summed E-state index contributed by atoms with van der Waals surface area (Å²) in [5.41, 5.74) is 0.423. The number of aromatic nitrogens is 1. The smallest absolute Gasteiger partial charge is 0.288 e. The average molecular weight is 359 g/mol. The molecule has 134 valence electrons. The topological polar surface area (TPSA) is 106 Å². The van der Waals surface area contributed by atoms with Crippen LogP contribution in [0.4, 0.5) is 5.69 Å². The summed E-state index contributed by atoms with van der Waals surface area (Å²) < 4.78 is 5.32. The second kappa shape index (κ2) is 8.91. The third-order valence-electron chi connectivity index (χ3n) is 4.27. The Balaban J connectivity index is 0.00000288. The van der Waals surface area contributed by atoms with Crippen LogP contribution in [0.15, 0.2) is 12.3 Å². The molecule has 2 rings (SSSR count). The molecule has 0 unspecified atom stereocenters. The number of carbonyl (C=O) groups excluding carboxylic acids is 1. The SMILES string of the molecule is COCC1(CNC(=O)c2cc([N+](=O)[O-])cnc2C)CCNCC1.Cl. The number of hydrogen-bond acceptors (Lipinski definition) is 6. The Morgan fingerprint density at radius 2 is 2.17 bits per heavy atom. The van der Waals surface area contributed by atoms with Crippen LogP contribution in [0.1, 0.15) is 28.9 Å². The molecule has 1 fully saturated rings. The summed E-state index contributed by atoms with van der Waals surface area (Å²) in [6.07, 6.45) is 2.98. The van der Waals surface area contributed by atoms with Gasteiger partial charge in [0.15, 0.2) is 0 Å². The Labute approximate surface area is 146 Å². The van der Waals surface area contributed by atoms with Crippen molar-refractivity contribution in [2.45, 2.75) is 19.8 Å².